The van der Waals surface area contributed by atoms with Crippen molar-refractivity contribution < 1.29 is 4.79 Å². The second kappa shape index (κ2) is 5.83. The number of nitrogens with zero attached hydrogens (tertiary/aromatic N) is 1. The molecule has 1 rings (SSSR count). The third-order valence-corrected chi connectivity index (χ3v) is 4.18. The minimum Gasteiger partial charge on any atom is -0.368 e. The normalized spacial score (nSPS) is 31.5. The maximum absolute atomic E-state index is 11.1. The van der Waals surface area contributed by atoms with E-state index >= 15 is 0 Å². The quantitative estimate of drug-likeness (QED) is 0.754. The van der Waals surface area contributed by atoms with Crippen LogP contribution in [0.5, 0.6) is 0 Å². The molecule has 0 aromatic heterocycles. The Morgan fingerprint density at radius 2 is 2.24 bits per heavy atom. The fourth-order valence-electron chi connectivity index (χ4n) is 2.80. The van der Waals surface area contributed by atoms with E-state index in [4.69, 9.17) is 5.73 Å². The molecule has 1 aliphatic carbocycles. The second-order valence-corrected chi connectivity index (χ2v) is 5.83. The summed E-state index contributed by atoms with van der Waals surface area (Å²) in [6, 6.07) is -0.246. The van der Waals surface area contributed by atoms with Crippen LogP contribution >= 0.6 is 0 Å². The Morgan fingerprint density at radius 1 is 1.59 bits per heavy atom. The van der Waals surface area contributed by atoms with Crippen molar-refractivity contribution in [2.24, 2.45) is 11.7 Å². The first kappa shape index (κ1) is 14.5. The first-order valence-electron chi connectivity index (χ1n) is 6.57. The Bertz CT molecular complexity index is 267. The van der Waals surface area contributed by atoms with Crippen LogP contribution in [0.1, 0.15) is 39.5 Å². The van der Waals surface area contributed by atoms with Gasteiger partial charge in [0.15, 0.2) is 0 Å². The lowest BCUT2D eigenvalue weighted by Gasteiger charge is -2.45. The zero-order chi connectivity index (χ0) is 13.1. The highest BCUT2D eigenvalue weighted by molar-refractivity contribution is 5.79. The summed E-state index contributed by atoms with van der Waals surface area (Å²) in [4.78, 5) is 13.4. The van der Waals surface area contributed by atoms with Crippen molar-refractivity contribution in [1.82, 2.24) is 10.2 Å². The van der Waals surface area contributed by atoms with Crippen LogP contribution < -0.4 is 11.1 Å². The highest BCUT2D eigenvalue weighted by atomic mass is 16.1. The van der Waals surface area contributed by atoms with Gasteiger partial charge in [0.05, 0.1) is 6.04 Å². The predicted molar refractivity (Wildman–Crippen MR) is 70.7 cm³/mol. The molecule has 3 unspecified atom stereocenters. The van der Waals surface area contributed by atoms with Crippen LogP contribution in [0.3, 0.4) is 0 Å². The van der Waals surface area contributed by atoms with Crippen molar-refractivity contribution in [1.29, 1.82) is 0 Å². The maximum Gasteiger partial charge on any atom is 0.234 e. The number of carbonyl (C=O) groups excluding carboxylic acids is 1. The van der Waals surface area contributed by atoms with Gasteiger partial charge in [0.25, 0.3) is 0 Å². The average Bonchev–Trinajstić information content (AvgIpc) is 2.25. The molecule has 0 aromatic rings. The van der Waals surface area contributed by atoms with Gasteiger partial charge in [-0.15, -0.1) is 0 Å². The molecule has 4 nitrogen and oxygen atoms in total. The molecule has 0 heterocycles. The molecule has 1 aliphatic rings. The summed E-state index contributed by atoms with van der Waals surface area (Å²) in [7, 11) is 4.27. The van der Waals surface area contributed by atoms with Crippen molar-refractivity contribution in [3.05, 3.63) is 0 Å². The van der Waals surface area contributed by atoms with Crippen LogP contribution in [-0.2, 0) is 4.79 Å². The van der Waals surface area contributed by atoms with Crippen LogP contribution in [0.2, 0.25) is 0 Å². The smallest absolute Gasteiger partial charge is 0.234 e. The number of hydrogen-bond donors (Lipinski definition) is 2. The van der Waals surface area contributed by atoms with Gasteiger partial charge in [0, 0.05) is 12.1 Å². The summed E-state index contributed by atoms with van der Waals surface area (Å²) in [5, 5.41) is 3.28. The van der Waals surface area contributed by atoms with Gasteiger partial charge in [-0.3, -0.25) is 4.79 Å². The van der Waals surface area contributed by atoms with Crippen molar-refractivity contribution >= 4 is 5.91 Å². The molecule has 1 saturated carbocycles. The fraction of sp³-hybridized carbons (Fsp3) is 0.923. The first-order chi connectivity index (χ1) is 7.87. The molecule has 3 N–H and O–H groups in total. The van der Waals surface area contributed by atoms with Gasteiger partial charge < -0.3 is 16.0 Å². The standard InChI is InChI=1S/C13H27N3O/c1-10-6-5-7-13(8-10,16(3)4)9-15-11(2)12(14)17/h10-11,15H,5-9H2,1-4H3,(H2,14,17). The van der Waals surface area contributed by atoms with Crippen molar-refractivity contribution in [3.63, 3.8) is 0 Å². The van der Waals surface area contributed by atoms with E-state index in [0.29, 0.717) is 0 Å². The van der Waals surface area contributed by atoms with Crippen LogP contribution in [0.4, 0.5) is 0 Å². The van der Waals surface area contributed by atoms with Gasteiger partial charge in [0.1, 0.15) is 0 Å². The Hall–Kier alpha value is -0.610. The van der Waals surface area contributed by atoms with Crippen molar-refractivity contribution in [2.45, 2.75) is 51.1 Å². The highest BCUT2D eigenvalue weighted by Crippen LogP contribution is 2.35. The molecule has 0 radical (unpaired) electrons. The Labute approximate surface area is 105 Å². The molecule has 100 valence electrons. The van der Waals surface area contributed by atoms with E-state index < -0.39 is 0 Å². The van der Waals surface area contributed by atoms with E-state index in [1.807, 2.05) is 6.92 Å². The molecule has 4 heteroatoms. The van der Waals surface area contributed by atoms with Gasteiger partial charge in [-0.1, -0.05) is 19.8 Å². The number of amides is 1. The van der Waals surface area contributed by atoms with E-state index in [9.17, 15) is 4.79 Å². The summed E-state index contributed by atoms with van der Waals surface area (Å²) < 4.78 is 0. The number of rotatable bonds is 5. The Balaban J connectivity index is 2.62. The number of likely N-dealkylation sites (N-methyl/N-ethyl adjacent to an activating group) is 1. The first-order valence-corrected chi connectivity index (χ1v) is 6.57. The van der Waals surface area contributed by atoms with E-state index in [2.05, 4.69) is 31.2 Å². The number of hydrogen-bond acceptors (Lipinski definition) is 3. The lowest BCUT2D eigenvalue weighted by molar-refractivity contribution is -0.119. The summed E-state index contributed by atoms with van der Waals surface area (Å²) >= 11 is 0. The minimum atomic E-state index is -0.275. The maximum atomic E-state index is 11.1. The van der Waals surface area contributed by atoms with Crippen LogP contribution in [0.15, 0.2) is 0 Å². The number of primary amides is 1. The zero-order valence-electron chi connectivity index (χ0n) is 11.6. The van der Waals surface area contributed by atoms with E-state index in [1.54, 1.807) is 0 Å². The number of nitrogens with one attached hydrogen (secondary N) is 1. The predicted octanol–water partition coefficient (Wildman–Crippen LogP) is 0.960. The van der Waals surface area contributed by atoms with Crippen molar-refractivity contribution in [2.75, 3.05) is 20.6 Å². The van der Waals surface area contributed by atoms with Gasteiger partial charge >= 0.3 is 0 Å². The largest absolute Gasteiger partial charge is 0.368 e. The Morgan fingerprint density at radius 3 is 2.71 bits per heavy atom. The highest BCUT2D eigenvalue weighted by Gasteiger charge is 2.37. The SMILES string of the molecule is CC1CCCC(CNC(C)C(N)=O)(N(C)C)C1. The number of carbonyl (C=O) groups is 1. The van der Waals surface area contributed by atoms with Gasteiger partial charge in [-0.2, -0.15) is 0 Å². The number of nitrogens with two attached hydrogens (primary N) is 1. The van der Waals surface area contributed by atoms with Crippen LogP contribution in [-0.4, -0.2) is 43.0 Å². The summed E-state index contributed by atoms with van der Waals surface area (Å²) in [6.45, 7) is 4.99. The van der Waals surface area contributed by atoms with Gasteiger partial charge in [-0.25, -0.2) is 0 Å². The van der Waals surface area contributed by atoms with Crippen LogP contribution in [0, 0.1) is 5.92 Å². The van der Waals surface area contributed by atoms with Gasteiger partial charge in [-0.05, 0) is 39.8 Å². The molecule has 0 aromatic carbocycles. The van der Waals surface area contributed by atoms with E-state index in [-0.39, 0.29) is 17.5 Å². The molecular formula is C13H27N3O. The minimum absolute atomic E-state index is 0.182. The average molecular weight is 241 g/mol. The summed E-state index contributed by atoms with van der Waals surface area (Å²) in [6.07, 6.45) is 4.98. The summed E-state index contributed by atoms with van der Waals surface area (Å²) in [5.41, 5.74) is 5.46. The lowest BCUT2D eigenvalue weighted by Crippen LogP contribution is -2.56. The topological polar surface area (TPSA) is 58.4 Å². The van der Waals surface area contributed by atoms with Crippen molar-refractivity contribution in [3.8, 4) is 0 Å². The van der Waals surface area contributed by atoms with Gasteiger partial charge in [0.2, 0.25) is 5.91 Å². The monoisotopic (exact) mass is 241 g/mol. The molecule has 0 saturated heterocycles. The summed E-state index contributed by atoms with van der Waals surface area (Å²) in [5.74, 6) is 0.486. The molecule has 1 fully saturated rings. The molecule has 3 atom stereocenters. The van der Waals surface area contributed by atoms with E-state index in [0.717, 1.165) is 12.5 Å². The zero-order valence-corrected chi connectivity index (χ0v) is 11.6. The third-order valence-electron chi connectivity index (χ3n) is 4.18. The third kappa shape index (κ3) is 3.68. The molecule has 1 amide bonds. The molecule has 17 heavy (non-hydrogen) atoms. The molecule has 0 aliphatic heterocycles. The van der Waals surface area contributed by atoms with E-state index in [1.165, 1.54) is 25.7 Å². The second-order valence-electron chi connectivity index (χ2n) is 5.83. The molecule has 0 spiro atoms. The molecule has 0 bridgehead atoms. The van der Waals surface area contributed by atoms with Crippen LogP contribution in [0.25, 0.3) is 0 Å². The lowest BCUT2D eigenvalue weighted by atomic mass is 9.75. The molecular weight excluding hydrogens is 214 g/mol. The fourth-order valence-corrected chi connectivity index (χ4v) is 2.80. The Kier molecular flexibility index (Phi) is 4.95.